The molecule has 0 saturated carbocycles. The second-order valence-corrected chi connectivity index (χ2v) is 5.20. The monoisotopic (exact) mass is 242 g/mol. The predicted octanol–water partition coefficient (Wildman–Crippen LogP) is 2.12. The summed E-state index contributed by atoms with van der Waals surface area (Å²) >= 11 is 0. The average molecular weight is 242 g/mol. The van der Waals surface area contributed by atoms with Crippen LogP contribution in [0.15, 0.2) is 0 Å². The van der Waals surface area contributed by atoms with E-state index in [0.717, 1.165) is 12.5 Å². The van der Waals surface area contributed by atoms with Gasteiger partial charge in [0.05, 0.1) is 0 Å². The Morgan fingerprint density at radius 2 is 1.94 bits per heavy atom. The van der Waals surface area contributed by atoms with Gasteiger partial charge in [-0.1, -0.05) is 19.8 Å². The van der Waals surface area contributed by atoms with Crippen molar-refractivity contribution in [2.75, 3.05) is 46.4 Å². The molecule has 1 aliphatic rings. The number of ether oxygens (including phenoxy) is 1. The van der Waals surface area contributed by atoms with Crippen molar-refractivity contribution in [1.29, 1.82) is 0 Å². The van der Waals surface area contributed by atoms with E-state index in [2.05, 4.69) is 17.1 Å². The minimum atomic E-state index is 0.785. The van der Waals surface area contributed by atoms with Gasteiger partial charge < -0.3 is 15.0 Å². The molecule has 1 fully saturated rings. The summed E-state index contributed by atoms with van der Waals surface area (Å²) in [6.45, 7) is 9.30. The van der Waals surface area contributed by atoms with Crippen LogP contribution in [0.3, 0.4) is 0 Å². The van der Waals surface area contributed by atoms with Crippen molar-refractivity contribution in [2.24, 2.45) is 5.92 Å². The highest BCUT2D eigenvalue weighted by Crippen LogP contribution is 2.15. The third-order valence-electron chi connectivity index (χ3n) is 3.65. The van der Waals surface area contributed by atoms with Gasteiger partial charge in [0, 0.05) is 39.9 Å². The van der Waals surface area contributed by atoms with Gasteiger partial charge in [-0.15, -0.1) is 0 Å². The van der Waals surface area contributed by atoms with Crippen LogP contribution in [0.1, 0.15) is 39.0 Å². The summed E-state index contributed by atoms with van der Waals surface area (Å²) in [5.41, 5.74) is 0. The zero-order valence-electron chi connectivity index (χ0n) is 11.7. The Bertz CT molecular complexity index is 164. The zero-order chi connectivity index (χ0) is 12.3. The molecule has 1 aliphatic heterocycles. The van der Waals surface area contributed by atoms with Gasteiger partial charge >= 0.3 is 0 Å². The third kappa shape index (κ3) is 7.02. The van der Waals surface area contributed by atoms with Crippen molar-refractivity contribution in [2.45, 2.75) is 39.0 Å². The molecule has 0 aliphatic carbocycles. The van der Waals surface area contributed by atoms with Crippen LogP contribution in [-0.4, -0.2) is 51.3 Å². The maximum absolute atomic E-state index is 5.28. The van der Waals surface area contributed by atoms with Crippen LogP contribution in [0.5, 0.6) is 0 Å². The molecule has 0 radical (unpaired) electrons. The highest BCUT2D eigenvalue weighted by molar-refractivity contribution is 4.67. The molecule has 1 N–H and O–H groups in total. The minimum absolute atomic E-state index is 0.785. The lowest BCUT2D eigenvalue weighted by Crippen LogP contribution is -2.43. The molecule has 1 atom stereocenters. The molecule has 0 aromatic heterocycles. The van der Waals surface area contributed by atoms with Gasteiger partial charge in [-0.2, -0.15) is 0 Å². The molecule has 0 aromatic rings. The number of hydrogen-bond acceptors (Lipinski definition) is 3. The van der Waals surface area contributed by atoms with Crippen molar-refractivity contribution in [3.63, 3.8) is 0 Å². The molecule has 1 rings (SSSR count). The lowest BCUT2D eigenvalue weighted by molar-refractivity contribution is 0.140. The fraction of sp³-hybridized carbons (Fsp3) is 1.00. The summed E-state index contributed by atoms with van der Waals surface area (Å²) in [6, 6.07) is 0. The first-order valence-corrected chi connectivity index (χ1v) is 7.28. The van der Waals surface area contributed by atoms with Gasteiger partial charge in [0.15, 0.2) is 0 Å². The second kappa shape index (κ2) is 9.86. The highest BCUT2D eigenvalue weighted by atomic mass is 16.5. The van der Waals surface area contributed by atoms with E-state index in [0.29, 0.717) is 0 Å². The third-order valence-corrected chi connectivity index (χ3v) is 3.65. The fourth-order valence-corrected chi connectivity index (χ4v) is 2.66. The van der Waals surface area contributed by atoms with Crippen LogP contribution in [0.2, 0.25) is 0 Å². The summed E-state index contributed by atoms with van der Waals surface area (Å²) < 4.78 is 5.28. The summed E-state index contributed by atoms with van der Waals surface area (Å²) in [5.74, 6) is 0.785. The molecule has 3 nitrogen and oxygen atoms in total. The Hall–Kier alpha value is -0.120. The maximum Gasteiger partial charge on any atom is 0.0490 e. The summed E-state index contributed by atoms with van der Waals surface area (Å²) in [4.78, 5) is 2.58. The normalized spacial score (nSPS) is 19.4. The second-order valence-electron chi connectivity index (χ2n) is 5.20. The van der Waals surface area contributed by atoms with Crippen molar-refractivity contribution in [3.8, 4) is 0 Å². The van der Waals surface area contributed by atoms with Crippen molar-refractivity contribution in [1.82, 2.24) is 10.2 Å². The topological polar surface area (TPSA) is 24.5 Å². The quantitative estimate of drug-likeness (QED) is 0.627. The molecular weight excluding hydrogens is 212 g/mol. The number of methoxy groups -OCH3 is 1. The molecule has 1 heterocycles. The lowest BCUT2D eigenvalue weighted by atomic mass is 9.98. The summed E-state index contributed by atoms with van der Waals surface area (Å²) in [7, 11) is 1.82. The van der Waals surface area contributed by atoms with Crippen LogP contribution < -0.4 is 5.32 Å². The molecule has 1 saturated heterocycles. The van der Waals surface area contributed by atoms with Gasteiger partial charge in [-0.25, -0.2) is 0 Å². The van der Waals surface area contributed by atoms with Crippen LogP contribution in [0.25, 0.3) is 0 Å². The molecule has 102 valence electrons. The number of hydrogen-bond donors (Lipinski definition) is 1. The van der Waals surface area contributed by atoms with Gasteiger partial charge in [0.1, 0.15) is 0 Å². The Kier molecular flexibility index (Phi) is 8.67. The van der Waals surface area contributed by atoms with Gasteiger partial charge in [0.25, 0.3) is 0 Å². The summed E-state index contributed by atoms with van der Waals surface area (Å²) in [6.07, 6.45) is 6.66. The minimum Gasteiger partial charge on any atom is -0.384 e. The first-order valence-electron chi connectivity index (χ1n) is 7.28. The molecular formula is C14H30N2O. The first kappa shape index (κ1) is 14.9. The largest absolute Gasteiger partial charge is 0.384 e. The average Bonchev–Trinajstić information content (AvgIpc) is 2.36. The van der Waals surface area contributed by atoms with Crippen molar-refractivity contribution < 1.29 is 4.74 Å². The van der Waals surface area contributed by atoms with E-state index in [9.17, 15) is 0 Å². The lowest BCUT2D eigenvalue weighted by Gasteiger charge is -2.27. The Labute approximate surface area is 107 Å². The molecule has 0 spiro atoms. The van der Waals surface area contributed by atoms with E-state index in [4.69, 9.17) is 4.74 Å². The molecule has 3 heteroatoms. The standard InChI is InChI=1S/C14H30N2O/c1-3-6-14(13-17-2)7-4-5-10-16-11-8-15-9-12-16/h14-15H,3-13H2,1-2H3/t14-/m1/s1. The molecule has 0 bridgehead atoms. The van der Waals surface area contributed by atoms with Crippen LogP contribution in [0.4, 0.5) is 0 Å². The maximum atomic E-state index is 5.28. The fourth-order valence-electron chi connectivity index (χ4n) is 2.66. The molecule has 17 heavy (non-hydrogen) atoms. The number of unbranched alkanes of at least 4 members (excludes halogenated alkanes) is 1. The van der Waals surface area contributed by atoms with E-state index in [1.165, 1.54) is 64.8 Å². The van der Waals surface area contributed by atoms with E-state index < -0.39 is 0 Å². The van der Waals surface area contributed by atoms with Gasteiger partial charge in [0.2, 0.25) is 0 Å². The summed E-state index contributed by atoms with van der Waals surface area (Å²) in [5, 5.41) is 3.40. The van der Waals surface area contributed by atoms with E-state index in [1.54, 1.807) is 0 Å². The number of piperazine rings is 1. The van der Waals surface area contributed by atoms with Gasteiger partial charge in [-0.3, -0.25) is 0 Å². The number of nitrogens with one attached hydrogen (secondary N) is 1. The zero-order valence-corrected chi connectivity index (χ0v) is 11.7. The van der Waals surface area contributed by atoms with Crippen LogP contribution in [-0.2, 0) is 4.74 Å². The Morgan fingerprint density at radius 3 is 2.59 bits per heavy atom. The van der Waals surface area contributed by atoms with E-state index in [1.807, 2.05) is 7.11 Å². The van der Waals surface area contributed by atoms with Crippen LogP contribution >= 0.6 is 0 Å². The predicted molar refractivity (Wildman–Crippen MR) is 73.4 cm³/mol. The Balaban J connectivity index is 2.00. The molecule has 0 unspecified atom stereocenters. The van der Waals surface area contributed by atoms with Gasteiger partial charge in [-0.05, 0) is 31.7 Å². The highest BCUT2D eigenvalue weighted by Gasteiger charge is 2.10. The Morgan fingerprint density at radius 1 is 1.18 bits per heavy atom. The first-order chi connectivity index (χ1) is 8.36. The number of rotatable bonds is 9. The van der Waals surface area contributed by atoms with Crippen molar-refractivity contribution in [3.05, 3.63) is 0 Å². The van der Waals surface area contributed by atoms with E-state index in [-0.39, 0.29) is 0 Å². The molecule has 0 amide bonds. The molecule has 0 aromatic carbocycles. The van der Waals surface area contributed by atoms with E-state index >= 15 is 0 Å². The van der Waals surface area contributed by atoms with Crippen molar-refractivity contribution >= 4 is 0 Å². The number of nitrogens with zero attached hydrogens (tertiary/aromatic N) is 1. The van der Waals surface area contributed by atoms with Crippen LogP contribution in [0, 0.1) is 5.92 Å². The SMILES string of the molecule is CCC[C@H](CCCCN1CCNCC1)COC. The smallest absolute Gasteiger partial charge is 0.0490 e.